The summed E-state index contributed by atoms with van der Waals surface area (Å²) in [6.45, 7) is 2.95. The number of hydrogen-bond donors (Lipinski definition) is 2. The average molecular weight is 262 g/mol. The van der Waals surface area contributed by atoms with Gasteiger partial charge in [0.05, 0.1) is 18.4 Å². The number of rotatable bonds is 4. The molecule has 4 heteroatoms. The van der Waals surface area contributed by atoms with Crippen molar-refractivity contribution in [1.82, 2.24) is 5.32 Å². The van der Waals surface area contributed by atoms with Crippen LogP contribution in [-0.4, -0.2) is 19.6 Å². The molecule has 1 fully saturated rings. The van der Waals surface area contributed by atoms with Gasteiger partial charge in [-0.25, -0.2) is 0 Å². The van der Waals surface area contributed by atoms with Crippen molar-refractivity contribution in [3.05, 3.63) is 23.8 Å². The molecule has 2 rings (SSSR count). The third-order valence-electron chi connectivity index (χ3n) is 3.98. The predicted octanol–water partition coefficient (Wildman–Crippen LogP) is 2.59. The maximum absolute atomic E-state index is 12.2. The van der Waals surface area contributed by atoms with Crippen molar-refractivity contribution >= 4 is 11.6 Å². The normalized spacial score (nSPS) is 17.2. The zero-order chi connectivity index (χ0) is 13.9. The summed E-state index contributed by atoms with van der Waals surface area (Å²) in [6, 6.07) is 5.24. The molecule has 104 valence electrons. The second-order valence-electron chi connectivity index (χ2n) is 5.63. The summed E-state index contributed by atoms with van der Waals surface area (Å²) in [5, 5.41) is 3.01. The maximum Gasteiger partial charge on any atom is 0.255 e. The largest absolute Gasteiger partial charge is 0.494 e. The standard InChI is InChI=1S/C15H22N2O2/c1-15(8-3-4-9-15)10-17-14(18)11-6-5-7-12(16)13(11)19-2/h5-7H,3-4,8-10,16H2,1-2H3,(H,17,18). The fourth-order valence-electron chi connectivity index (χ4n) is 2.76. The summed E-state index contributed by atoms with van der Waals surface area (Å²) in [6.07, 6.45) is 4.88. The van der Waals surface area contributed by atoms with Crippen molar-refractivity contribution in [2.75, 3.05) is 19.4 Å². The van der Waals surface area contributed by atoms with Gasteiger partial charge in [-0.15, -0.1) is 0 Å². The van der Waals surface area contributed by atoms with Crippen molar-refractivity contribution in [3.63, 3.8) is 0 Å². The van der Waals surface area contributed by atoms with E-state index in [0.29, 0.717) is 23.5 Å². The predicted molar refractivity (Wildman–Crippen MR) is 76.3 cm³/mol. The molecule has 1 aromatic rings. The Labute approximate surface area is 114 Å². The Kier molecular flexibility index (Phi) is 3.98. The highest BCUT2D eigenvalue weighted by Crippen LogP contribution is 2.36. The number of benzene rings is 1. The number of para-hydroxylation sites is 1. The molecule has 0 spiro atoms. The van der Waals surface area contributed by atoms with Crippen LogP contribution >= 0.6 is 0 Å². The summed E-state index contributed by atoms with van der Waals surface area (Å²) in [4.78, 5) is 12.2. The van der Waals surface area contributed by atoms with E-state index in [1.807, 2.05) is 0 Å². The van der Waals surface area contributed by atoms with Crippen molar-refractivity contribution in [2.45, 2.75) is 32.6 Å². The van der Waals surface area contributed by atoms with Gasteiger partial charge in [-0.2, -0.15) is 0 Å². The minimum Gasteiger partial charge on any atom is -0.494 e. The molecule has 0 unspecified atom stereocenters. The Bertz CT molecular complexity index is 465. The van der Waals surface area contributed by atoms with Gasteiger partial charge in [0.15, 0.2) is 5.75 Å². The van der Waals surface area contributed by atoms with E-state index in [2.05, 4.69) is 12.2 Å². The summed E-state index contributed by atoms with van der Waals surface area (Å²) in [5.41, 5.74) is 7.04. The smallest absolute Gasteiger partial charge is 0.255 e. The van der Waals surface area contributed by atoms with E-state index in [0.717, 1.165) is 0 Å². The first-order valence-electron chi connectivity index (χ1n) is 6.76. The van der Waals surface area contributed by atoms with Gasteiger partial charge in [-0.3, -0.25) is 4.79 Å². The van der Waals surface area contributed by atoms with Crippen LogP contribution in [0.25, 0.3) is 0 Å². The van der Waals surface area contributed by atoms with Crippen LogP contribution in [0, 0.1) is 5.41 Å². The van der Waals surface area contributed by atoms with Crippen molar-refractivity contribution < 1.29 is 9.53 Å². The number of hydrogen-bond acceptors (Lipinski definition) is 3. The number of nitrogens with one attached hydrogen (secondary N) is 1. The van der Waals surface area contributed by atoms with E-state index < -0.39 is 0 Å². The highest BCUT2D eigenvalue weighted by molar-refractivity contribution is 5.98. The Balaban J connectivity index is 2.06. The number of nitrogen functional groups attached to an aromatic ring is 1. The van der Waals surface area contributed by atoms with E-state index >= 15 is 0 Å². The van der Waals surface area contributed by atoms with E-state index in [-0.39, 0.29) is 11.3 Å². The summed E-state index contributed by atoms with van der Waals surface area (Å²) in [5.74, 6) is 0.342. The molecule has 19 heavy (non-hydrogen) atoms. The third kappa shape index (κ3) is 3.00. The lowest BCUT2D eigenvalue weighted by molar-refractivity contribution is 0.0931. The van der Waals surface area contributed by atoms with Crippen molar-refractivity contribution in [2.24, 2.45) is 5.41 Å². The van der Waals surface area contributed by atoms with Gasteiger partial charge in [0, 0.05) is 6.54 Å². The monoisotopic (exact) mass is 262 g/mol. The SMILES string of the molecule is COc1c(N)cccc1C(=O)NCC1(C)CCCC1. The number of anilines is 1. The third-order valence-corrected chi connectivity index (χ3v) is 3.98. The van der Waals surface area contributed by atoms with Crippen molar-refractivity contribution in [3.8, 4) is 5.75 Å². The minimum atomic E-state index is -0.114. The van der Waals surface area contributed by atoms with E-state index in [4.69, 9.17) is 10.5 Å². The zero-order valence-corrected chi connectivity index (χ0v) is 11.7. The van der Waals surface area contributed by atoms with E-state index in [1.165, 1.54) is 32.8 Å². The molecule has 0 aromatic heterocycles. The quantitative estimate of drug-likeness (QED) is 0.820. The van der Waals surface area contributed by atoms with Crippen LogP contribution in [0.4, 0.5) is 5.69 Å². The fraction of sp³-hybridized carbons (Fsp3) is 0.533. The molecule has 1 aliphatic rings. The molecule has 0 saturated heterocycles. The van der Waals surface area contributed by atoms with Crippen LogP contribution in [0.3, 0.4) is 0 Å². The molecule has 1 saturated carbocycles. The Hall–Kier alpha value is -1.71. The van der Waals surface area contributed by atoms with Crippen molar-refractivity contribution in [1.29, 1.82) is 0 Å². The Morgan fingerprint density at radius 3 is 2.74 bits per heavy atom. The molecule has 0 bridgehead atoms. The average Bonchev–Trinajstić information content (AvgIpc) is 2.83. The van der Waals surface area contributed by atoms with Gasteiger partial charge >= 0.3 is 0 Å². The zero-order valence-electron chi connectivity index (χ0n) is 11.7. The lowest BCUT2D eigenvalue weighted by atomic mass is 9.89. The fourth-order valence-corrected chi connectivity index (χ4v) is 2.76. The summed E-state index contributed by atoms with van der Waals surface area (Å²) < 4.78 is 5.21. The van der Waals surface area contributed by atoms with Crippen LogP contribution in [0.15, 0.2) is 18.2 Å². The molecule has 0 aliphatic heterocycles. The molecule has 1 aliphatic carbocycles. The summed E-state index contributed by atoms with van der Waals surface area (Å²) >= 11 is 0. The van der Waals surface area contributed by atoms with E-state index in [9.17, 15) is 4.79 Å². The van der Waals surface area contributed by atoms with Crippen LogP contribution in [-0.2, 0) is 0 Å². The first kappa shape index (κ1) is 13.7. The van der Waals surface area contributed by atoms with E-state index in [1.54, 1.807) is 18.2 Å². The summed E-state index contributed by atoms with van der Waals surface area (Å²) in [7, 11) is 1.53. The topological polar surface area (TPSA) is 64.3 Å². The first-order valence-corrected chi connectivity index (χ1v) is 6.76. The van der Waals surface area contributed by atoms with Crippen LogP contribution < -0.4 is 15.8 Å². The highest BCUT2D eigenvalue weighted by atomic mass is 16.5. The number of ether oxygens (including phenoxy) is 1. The number of carbonyl (C=O) groups is 1. The molecular formula is C15H22N2O2. The Morgan fingerprint density at radius 2 is 2.11 bits per heavy atom. The Morgan fingerprint density at radius 1 is 1.42 bits per heavy atom. The van der Waals surface area contributed by atoms with Crippen LogP contribution in [0.5, 0.6) is 5.75 Å². The molecule has 0 radical (unpaired) electrons. The van der Waals surface area contributed by atoms with Gasteiger partial charge in [0.1, 0.15) is 0 Å². The second-order valence-corrected chi connectivity index (χ2v) is 5.63. The molecular weight excluding hydrogens is 240 g/mol. The number of nitrogens with two attached hydrogens (primary N) is 1. The maximum atomic E-state index is 12.2. The number of amides is 1. The number of methoxy groups -OCH3 is 1. The molecule has 0 atom stereocenters. The lowest BCUT2D eigenvalue weighted by Crippen LogP contribution is -2.34. The number of carbonyl (C=O) groups excluding carboxylic acids is 1. The first-order chi connectivity index (χ1) is 9.06. The van der Waals surface area contributed by atoms with Gasteiger partial charge in [-0.1, -0.05) is 25.8 Å². The van der Waals surface area contributed by atoms with Gasteiger partial charge < -0.3 is 15.8 Å². The molecule has 1 amide bonds. The van der Waals surface area contributed by atoms with Crippen LogP contribution in [0.1, 0.15) is 43.0 Å². The van der Waals surface area contributed by atoms with Gasteiger partial charge in [-0.05, 0) is 30.4 Å². The molecule has 4 nitrogen and oxygen atoms in total. The van der Waals surface area contributed by atoms with Crippen LogP contribution in [0.2, 0.25) is 0 Å². The second kappa shape index (κ2) is 5.51. The minimum absolute atomic E-state index is 0.114. The molecule has 0 heterocycles. The molecule has 3 N–H and O–H groups in total. The van der Waals surface area contributed by atoms with Gasteiger partial charge in [0.25, 0.3) is 5.91 Å². The lowest BCUT2D eigenvalue weighted by Gasteiger charge is -2.24. The highest BCUT2D eigenvalue weighted by Gasteiger charge is 2.29. The molecule has 1 aromatic carbocycles. The van der Waals surface area contributed by atoms with Gasteiger partial charge in [0.2, 0.25) is 0 Å².